The predicted octanol–water partition coefficient (Wildman–Crippen LogP) is 7.17. The Hall–Kier alpha value is -2.08. The molecule has 0 unspecified atom stereocenters. The van der Waals surface area contributed by atoms with Gasteiger partial charge >= 0.3 is 19.5 Å². The first-order valence-corrected chi connectivity index (χ1v) is 14.1. The molecule has 0 saturated heterocycles. The molecule has 0 saturated carbocycles. The molecule has 203 valence electrons. The van der Waals surface area contributed by atoms with Crippen LogP contribution in [0, 0.1) is 18.4 Å². The van der Waals surface area contributed by atoms with Crippen molar-refractivity contribution < 1.29 is 27.9 Å². The normalized spacial score (nSPS) is 16.9. The van der Waals surface area contributed by atoms with Gasteiger partial charge in [-0.2, -0.15) is 15.9 Å². The molecule has 0 amide bonds. The van der Waals surface area contributed by atoms with Crippen molar-refractivity contribution in [3.8, 4) is 0 Å². The number of nitrogens with one attached hydrogen (secondary N) is 1. The number of aryl methyl sites for hydroxylation is 1. The largest absolute Gasteiger partial charge is 1.00 e. The topological polar surface area (TPSA) is 72.2 Å². The maximum absolute atomic E-state index is 13.0. The molecule has 2 atom stereocenters. The van der Waals surface area contributed by atoms with Crippen LogP contribution in [-0.2, 0) is 34.5 Å². The summed E-state index contributed by atoms with van der Waals surface area (Å²) in [6.45, 7) is 12.8. The van der Waals surface area contributed by atoms with Crippen LogP contribution in [0.2, 0.25) is 0 Å². The predicted molar refractivity (Wildman–Crippen MR) is 153 cm³/mol. The van der Waals surface area contributed by atoms with Crippen LogP contribution in [0.3, 0.4) is 0 Å². The number of rotatable bonds is 6. The van der Waals surface area contributed by atoms with Gasteiger partial charge in [0.05, 0.1) is 10.9 Å². The second-order valence-electron chi connectivity index (χ2n) is 10.0. The number of alkyl halides is 1. The average Bonchev–Trinajstić information content (AvgIpc) is 3.05. The molecule has 4 nitrogen and oxygen atoms in total. The maximum Gasteiger partial charge on any atom is 1.00 e. The molecule has 1 radical (unpaired) electrons. The van der Waals surface area contributed by atoms with E-state index in [-0.39, 0.29) is 29.8 Å². The molecule has 7 heteroatoms. The smallest absolute Gasteiger partial charge is 0.321 e. The fourth-order valence-electron chi connectivity index (χ4n) is 4.25. The number of sulfonamides is 1. The van der Waals surface area contributed by atoms with E-state index in [0.717, 1.165) is 11.1 Å². The van der Waals surface area contributed by atoms with Gasteiger partial charge in [0.15, 0.2) is 5.00 Å². The molecule has 0 spiro atoms. The van der Waals surface area contributed by atoms with Crippen LogP contribution in [0.5, 0.6) is 0 Å². The summed E-state index contributed by atoms with van der Waals surface area (Å²) in [5.41, 5.74) is 13.1. The van der Waals surface area contributed by atoms with Gasteiger partial charge in [-0.05, 0) is 30.2 Å². The first-order valence-electron chi connectivity index (χ1n) is 12.2. The molecule has 0 fully saturated rings. The summed E-state index contributed by atoms with van der Waals surface area (Å²) < 4.78 is 28.7. The van der Waals surface area contributed by atoms with E-state index < -0.39 is 21.1 Å². The van der Waals surface area contributed by atoms with Crippen molar-refractivity contribution in [3.63, 3.8) is 0 Å². The summed E-state index contributed by atoms with van der Waals surface area (Å²) in [5.74, 6) is 0. The Labute approximate surface area is 246 Å². The van der Waals surface area contributed by atoms with Gasteiger partial charge in [0, 0.05) is 0 Å². The van der Waals surface area contributed by atoms with Crippen molar-refractivity contribution in [3.05, 3.63) is 124 Å². The molecule has 0 heterocycles. The van der Waals surface area contributed by atoms with E-state index in [2.05, 4.69) is 45.4 Å². The molecular formula is C31H36ClN2O2RuS. The van der Waals surface area contributed by atoms with Crippen LogP contribution in [0.1, 0.15) is 57.4 Å². The third-order valence-corrected chi connectivity index (χ3v) is 9.10. The molecule has 0 aliphatic heterocycles. The van der Waals surface area contributed by atoms with Crippen LogP contribution < -0.4 is 10.5 Å². The summed E-state index contributed by atoms with van der Waals surface area (Å²) in [6, 6.07) is 23.9. The summed E-state index contributed by atoms with van der Waals surface area (Å²) >= 11 is 6.90. The number of allylic oxidation sites excluding steroid dienone is 4. The average molecular weight is 637 g/mol. The molecule has 1 aliphatic rings. The van der Waals surface area contributed by atoms with Crippen LogP contribution in [0.15, 0.2) is 107 Å². The fraction of sp³-hybridized carbons (Fsp3) is 0.290. The van der Waals surface area contributed by atoms with Gasteiger partial charge in [-0.25, -0.2) is 14.0 Å². The number of halogens is 1. The van der Waals surface area contributed by atoms with E-state index in [1.807, 2.05) is 43.3 Å². The van der Waals surface area contributed by atoms with Crippen molar-refractivity contribution in [1.82, 2.24) is 4.72 Å². The Kier molecular flexibility index (Phi) is 10.9. The van der Waals surface area contributed by atoms with Crippen molar-refractivity contribution in [2.24, 2.45) is 11.1 Å². The molecule has 3 aromatic rings. The molecule has 3 aromatic carbocycles. The van der Waals surface area contributed by atoms with Gasteiger partial charge in [0.2, 0.25) is 10.0 Å². The first-order chi connectivity index (χ1) is 17.3. The van der Waals surface area contributed by atoms with Crippen molar-refractivity contribution >= 4 is 21.6 Å². The minimum atomic E-state index is -3.90. The summed E-state index contributed by atoms with van der Waals surface area (Å²) in [4.78, 5) is -1.42. The molecule has 3 N–H and O–H groups in total. The molecule has 0 aromatic heterocycles. The van der Waals surface area contributed by atoms with Crippen LogP contribution in [0.4, 0.5) is 0 Å². The molecule has 4 rings (SSSR count). The van der Waals surface area contributed by atoms with Gasteiger partial charge in [-0.15, -0.1) is 6.92 Å². The summed E-state index contributed by atoms with van der Waals surface area (Å²) in [6.07, 6.45) is 3.44. The van der Waals surface area contributed by atoms with Gasteiger partial charge in [0.25, 0.3) is 0 Å². The van der Waals surface area contributed by atoms with E-state index in [0.29, 0.717) is 5.56 Å². The zero-order valence-electron chi connectivity index (χ0n) is 22.7. The van der Waals surface area contributed by atoms with Gasteiger partial charge in [0.1, 0.15) is 0 Å². The van der Waals surface area contributed by atoms with Crippen molar-refractivity contribution in [2.75, 3.05) is 0 Å². The minimum Gasteiger partial charge on any atom is -0.321 e. The van der Waals surface area contributed by atoms with Gasteiger partial charge in [-0.1, -0.05) is 123 Å². The SMILES string of the molecule is CC1=[C-]C(C)(C)C(C)=C1C.Cc1ccc(S(=O)(=O)N[C@@](Cl)(c2ccccc2)[C@@H](N)c2ccccc2)cc1.[Ru+]. The molecular weight excluding hydrogens is 601 g/mol. The minimum absolute atomic E-state index is 0. The Morgan fingerprint density at radius 1 is 0.868 bits per heavy atom. The Morgan fingerprint density at radius 2 is 1.37 bits per heavy atom. The van der Waals surface area contributed by atoms with Crippen LogP contribution in [-0.4, -0.2) is 8.42 Å². The van der Waals surface area contributed by atoms with E-state index in [4.69, 9.17) is 17.3 Å². The quantitative estimate of drug-likeness (QED) is 0.130. The van der Waals surface area contributed by atoms with Gasteiger partial charge in [-0.3, -0.25) is 6.08 Å². The number of nitrogens with two attached hydrogens (primary N) is 1. The third kappa shape index (κ3) is 7.31. The fourth-order valence-corrected chi connectivity index (χ4v) is 6.06. The third-order valence-electron chi connectivity index (χ3n) is 6.96. The monoisotopic (exact) mass is 637 g/mol. The number of hydrogen-bond acceptors (Lipinski definition) is 3. The van der Waals surface area contributed by atoms with E-state index in [1.54, 1.807) is 48.5 Å². The molecule has 0 bridgehead atoms. The Morgan fingerprint density at radius 3 is 1.79 bits per heavy atom. The first kappa shape index (κ1) is 32.1. The maximum atomic E-state index is 13.0. The van der Waals surface area contributed by atoms with Crippen molar-refractivity contribution in [2.45, 2.75) is 57.5 Å². The molecule has 1 aliphatic carbocycles. The second-order valence-corrected chi connectivity index (χ2v) is 12.3. The molecule has 38 heavy (non-hydrogen) atoms. The number of benzene rings is 3. The second kappa shape index (κ2) is 12.9. The summed E-state index contributed by atoms with van der Waals surface area (Å²) in [5, 5.41) is 0. The van der Waals surface area contributed by atoms with Crippen LogP contribution in [0.25, 0.3) is 0 Å². The Balaban J connectivity index is 0.000000389. The number of hydrogen-bond donors (Lipinski definition) is 2. The van der Waals surface area contributed by atoms with Crippen molar-refractivity contribution in [1.29, 1.82) is 0 Å². The van der Waals surface area contributed by atoms with Gasteiger partial charge < -0.3 is 5.73 Å². The van der Waals surface area contributed by atoms with Crippen LogP contribution >= 0.6 is 11.6 Å². The zero-order chi connectivity index (χ0) is 27.4. The standard InChI is InChI=1S/C21H21ClN2O2S.C10H15.Ru/c1-16-12-14-19(15-13-16)27(25,26)24-21(22,18-10-6-3-7-11-18)20(23)17-8-4-2-5-9-17;1-7-6-10(4,5)9(3)8(7)2;/h2-15,20,24H,23H2,1H3;1-5H3;/q;-1;+1/t20-,21-;;/m0../s1. The Bertz CT molecular complexity index is 1390. The summed E-state index contributed by atoms with van der Waals surface area (Å²) in [7, 11) is -3.90. The van der Waals surface area contributed by atoms with E-state index in [9.17, 15) is 8.42 Å². The van der Waals surface area contributed by atoms with E-state index >= 15 is 0 Å². The van der Waals surface area contributed by atoms with E-state index in [1.165, 1.54) is 16.7 Å². The zero-order valence-corrected chi connectivity index (χ0v) is 26.0.